The minimum Gasteiger partial charge on any atom is -0.424 e. The van der Waals surface area contributed by atoms with Crippen molar-refractivity contribution in [1.82, 2.24) is 19.5 Å². The van der Waals surface area contributed by atoms with Gasteiger partial charge in [-0.15, -0.1) is 0 Å². The van der Waals surface area contributed by atoms with Crippen LogP contribution >= 0.6 is 15.9 Å². The van der Waals surface area contributed by atoms with E-state index in [0.29, 0.717) is 0 Å². The van der Waals surface area contributed by atoms with Crippen LogP contribution in [0.5, 0.6) is 0 Å². The fraction of sp³-hybridized carbons (Fsp3) is 0.562. The smallest absolute Gasteiger partial charge is 0.305 e. The summed E-state index contributed by atoms with van der Waals surface area (Å²) >= 11 is 2.88. The number of esters is 1. The molecule has 12 nitrogen and oxygen atoms in total. The molecule has 1 aliphatic heterocycles. The molecule has 0 bridgehead atoms. The van der Waals surface area contributed by atoms with E-state index in [4.69, 9.17) is 15.2 Å². The summed E-state index contributed by atoms with van der Waals surface area (Å²) in [6, 6.07) is 0. The van der Waals surface area contributed by atoms with Crippen molar-refractivity contribution in [3.8, 4) is 0 Å². The van der Waals surface area contributed by atoms with Gasteiger partial charge in [0.1, 0.15) is 24.1 Å². The number of ether oxygens (including phenoxy) is 2. The molecule has 0 saturated carbocycles. The van der Waals surface area contributed by atoms with Gasteiger partial charge in [-0.1, -0.05) is 13.8 Å². The maximum Gasteiger partial charge on any atom is 0.305 e. The van der Waals surface area contributed by atoms with E-state index >= 15 is 0 Å². The van der Waals surface area contributed by atoms with Crippen LogP contribution in [-0.2, 0) is 19.1 Å². The number of nitrogen functional groups attached to an aromatic ring is 1. The lowest BCUT2D eigenvalue weighted by atomic mass is 9.95. The van der Waals surface area contributed by atoms with Crippen molar-refractivity contribution in [2.45, 2.75) is 49.5 Å². The van der Waals surface area contributed by atoms with Crippen LogP contribution in [0.4, 0.5) is 5.82 Å². The molecular formula is C16H20BrN5O7. The van der Waals surface area contributed by atoms with Gasteiger partial charge in [-0.25, -0.2) is 15.0 Å². The molecule has 3 heterocycles. The van der Waals surface area contributed by atoms with Crippen LogP contribution in [0, 0.1) is 5.92 Å². The van der Waals surface area contributed by atoms with E-state index in [2.05, 4.69) is 30.9 Å². The number of fused-ring (bicyclic) bond motifs is 1. The number of rotatable bonds is 5. The van der Waals surface area contributed by atoms with E-state index in [1.807, 2.05) is 0 Å². The number of halogens is 1. The zero-order chi connectivity index (χ0) is 21.7. The van der Waals surface area contributed by atoms with Crippen LogP contribution in [0.25, 0.3) is 11.2 Å². The molecule has 0 amide bonds. The van der Waals surface area contributed by atoms with Gasteiger partial charge < -0.3 is 30.5 Å². The molecule has 1 unspecified atom stereocenters. The van der Waals surface area contributed by atoms with Crippen molar-refractivity contribution in [3.05, 3.63) is 12.7 Å². The summed E-state index contributed by atoms with van der Waals surface area (Å²) in [6.45, 7) is 4.10. The Labute approximate surface area is 172 Å². The Bertz CT molecular complexity index is 964. The second-order valence-electron chi connectivity index (χ2n) is 6.96. The Kier molecular flexibility index (Phi) is 5.38. The Morgan fingerprint density at radius 3 is 2.59 bits per heavy atom. The van der Waals surface area contributed by atoms with Crippen LogP contribution < -0.4 is 5.73 Å². The molecule has 0 aliphatic carbocycles. The molecule has 0 aromatic carbocycles. The Morgan fingerprint density at radius 2 is 2.00 bits per heavy atom. The fourth-order valence-corrected chi connectivity index (χ4v) is 3.74. The molecule has 5 N–H and O–H groups in total. The van der Waals surface area contributed by atoms with Crippen molar-refractivity contribution in [2.24, 2.45) is 5.92 Å². The standard InChI is InChI=1S/C16H20BrN5O7/c1-6(2)9(24)10(25)11-15(17,26)16(27,29-7(3)23)14(28-11)22-5-21-8-12(18)19-4-20-13(8)22/h4-6,10-11,14,25-27H,1-3H3,(H2,18,19,20)/t10?,11-,14-,15-,16-/m1/s1. The van der Waals surface area contributed by atoms with E-state index in [1.54, 1.807) is 13.8 Å². The van der Waals surface area contributed by atoms with Gasteiger partial charge in [0.25, 0.3) is 5.79 Å². The second-order valence-corrected chi connectivity index (χ2v) is 8.17. The van der Waals surface area contributed by atoms with E-state index in [0.717, 1.165) is 17.8 Å². The third-order valence-electron chi connectivity index (χ3n) is 4.58. The van der Waals surface area contributed by atoms with Gasteiger partial charge in [-0.3, -0.25) is 14.2 Å². The maximum atomic E-state index is 12.3. The fourth-order valence-electron chi connectivity index (χ4n) is 3.11. The highest BCUT2D eigenvalue weighted by Gasteiger charge is 2.71. The number of carbonyl (C=O) groups is 2. The average molecular weight is 474 g/mol. The van der Waals surface area contributed by atoms with Crippen LogP contribution in [0.2, 0.25) is 0 Å². The number of hydrogen-bond acceptors (Lipinski definition) is 11. The molecule has 0 radical (unpaired) electrons. The predicted octanol–water partition coefficient (Wildman–Crippen LogP) is -0.773. The maximum absolute atomic E-state index is 12.3. The summed E-state index contributed by atoms with van der Waals surface area (Å²) in [5.41, 5.74) is 6.03. The molecular weight excluding hydrogens is 454 g/mol. The highest BCUT2D eigenvalue weighted by Crippen LogP contribution is 2.51. The zero-order valence-corrected chi connectivity index (χ0v) is 17.3. The number of hydrogen-bond donors (Lipinski definition) is 4. The average Bonchev–Trinajstić information content (AvgIpc) is 3.12. The van der Waals surface area contributed by atoms with Crippen LogP contribution in [-0.4, -0.2) is 69.1 Å². The summed E-state index contributed by atoms with van der Waals surface area (Å²) < 4.78 is 9.23. The summed E-state index contributed by atoms with van der Waals surface area (Å²) in [7, 11) is 0. The van der Waals surface area contributed by atoms with Crippen LogP contribution in [0.15, 0.2) is 12.7 Å². The van der Waals surface area contributed by atoms with E-state index < -0.39 is 46.4 Å². The van der Waals surface area contributed by atoms with Crippen molar-refractivity contribution in [1.29, 1.82) is 0 Å². The summed E-state index contributed by atoms with van der Waals surface area (Å²) in [4.78, 5) is 35.8. The van der Waals surface area contributed by atoms with Gasteiger partial charge in [0.15, 0.2) is 17.2 Å². The number of nitrogens with two attached hydrogens (primary N) is 1. The molecule has 158 valence electrons. The molecule has 13 heteroatoms. The highest BCUT2D eigenvalue weighted by atomic mass is 79.9. The number of aromatic nitrogens is 4. The molecule has 1 aliphatic rings. The molecule has 2 aromatic heterocycles. The van der Waals surface area contributed by atoms with Crippen molar-refractivity contribution < 1.29 is 34.4 Å². The first-order chi connectivity index (χ1) is 13.4. The van der Waals surface area contributed by atoms with E-state index in [-0.39, 0.29) is 17.0 Å². The summed E-state index contributed by atoms with van der Waals surface area (Å²) in [6.07, 6.45) is -2.87. The monoisotopic (exact) mass is 473 g/mol. The van der Waals surface area contributed by atoms with E-state index in [1.165, 1.54) is 6.33 Å². The van der Waals surface area contributed by atoms with E-state index in [9.17, 15) is 24.9 Å². The van der Waals surface area contributed by atoms with Crippen molar-refractivity contribution in [3.63, 3.8) is 0 Å². The topological polar surface area (TPSA) is 183 Å². The quantitative estimate of drug-likeness (QED) is 0.242. The number of Topliss-reactive ketones (excluding diaryl/α,β-unsaturated/α-hetero) is 1. The summed E-state index contributed by atoms with van der Waals surface area (Å²) in [5.74, 6) is -4.93. The van der Waals surface area contributed by atoms with Crippen molar-refractivity contribution in [2.75, 3.05) is 5.73 Å². The SMILES string of the molecule is CC(=O)O[C@]1(O)[C@H](n2cnc3c(N)ncnc32)O[C@H](C(O)C(=O)C(C)C)[C@]1(O)Br. The van der Waals surface area contributed by atoms with Gasteiger partial charge in [-0.2, -0.15) is 0 Å². The zero-order valence-electron chi connectivity index (χ0n) is 15.7. The molecule has 1 saturated heterocycles. The molecule has 2 aromatic rings. The Hall–Kier alpha value is -2.19. The highest BCUT2D eigenvalue weighted by molar-refractivity contribution is 9.10. The molecule has 0 spiro atoms. The number of carbonyl (C=O) groups excluding carboxylic acids is 2. The number of ketones is 1. The lowest BCUT2D eigenvalue weighted by molar-refractivity contribution is -0.270. The second kappa shape index (κ2) is 7.25. The third kappa shape index (κ3) is 3.28. The Balaban J connectivity index is 2.15. The number of aliphatic hydroxyl groups excluding tert-OH is 1. The minimum absolute atomic E-state index is 0.0449. The van der Waals surface area contributed by atoms with Gasteiger partial charge in [0.05, 0.1) is 6.33 Å². The van der Waals surface area contributed by atoms with Gasteiger partial charge in [0.2, 0.25) is 10.7 Å². The number of aliphatic hydroxyl groups is 3. The first-order valence-corrected chi connectivity index (χ1v) is 9.34. The first kappa shape index (κ1) is 21.5. The number of nitrogens with zero attached hydrogens (tertiary/aromatic N) is 4. The lowest BCUT2D eigenvalue weighted by Crippen LogP contribution is -2.59. The van der Waals surface area contributed by atoms with Gasteiger partial charge in [-0.05, 0) is 15.9 Å². The number of alkyl halides is 1. The van der Waals surface area contributed by atoms with Crippen LogP contribution in [0.3, 0.4) is 0 Å². The molecule has 5 atom stereocenters. The largest absolute Gasteiger partial charge is 0.424 e. The summed E-state index contributed by atoms with van der Waals surface area (Å²) in [5, 5.41) is 32.6. The molecule has 1 fully saturated rings. The third-order valence-corrected chi connectivity index (χ3v) is 5.60. The molecule has 3 rings (SSSR count). The normalized spacial score (nSPS) is 30.6. The minimum atomic E-state index is -2.77. The number of imidazole rings is 1. The predicted molar refractivity (Wildman–Crippen MR) is 100 cm³/mol. The van der Waals surface area contributed by atoms with Gasteiger partial charge in [0, 0.05) is 12.8 Å². The van der Waals surface area contributed by atoms with Crippen LogP contribution in [0.1, 0.15) is 27.0 Å². The number of anilines is 1. The Morgan fingerprint density at radius 1 is 1.34 bits per heavy atom. The van der Waals surface area contributed by atoms with Gasteiger partial charge >= 0.3 is 5.97 Å². The molecule has 29 heavy (non-hydrogen) atoms. The first-order valence-electron chi connectivity index (χ1n) is 8.55. The lowest BCUT2D eigenvalue weighted by Gasteiger charge is -2.36. The van der Waals surface area contributed by atoms with Crippen molar-refractivity contribution >= 4 is 44.7 Å².